The van der Waals surface area contributed by atoms with E-state index in [-0.39, 0.29) is 18.4 Å². The molecule has 3 rings (SSSR count). The van der Waals surface area contributed by atoms with E-state index < -0.39 is 0 Å². The maximum Gasteiger partial charge on any atom is 0.226 e. The van der Waals surface area contributed by atoms with Crippen molar-refractivity contribution in [2.45, 2.75) is 25.8 Å². The minimum atomic E-state index is -0.0871. The molecule has 0 spiro atoms. The normalized spacial score (nSPS) is 12.3. The van der Waals surface area contributed by atoms with Crippen LogP contribution in [0.4, 0.5) is 0 Å². The molecule has 0 saturated heterocycles. The topological polar surface area (TPSA) is 55.1 Å². The zero-order valence-corrected chi connectivity index (χ0v) is 13.5. The zero-order chi connectivity index (χ0) is 16.2. The van der Waals surface area contributed by atoms with E-state index in [1.807, 2.05) is 55.5 Å². The molecule has 0 saturated carbocycles. The van der Waals surface area contributed by atoms with E-state index in [9.17, 15) is 4.79 Å². The van der Waals surface area contributed by atoms with Crippen molar-refractivity contribution in [2.75, 3.05) is 0 Å². The van der Waals surface area contributed by atoms with Gasteiger partial charge in [-0.05, 0) is 36.2 Å². The van der Waals surface area contributed by atoms with Gasteiger partial charge in [-0.3, -0.25) is 4.79 Å². The number of nitrogens with zero attached hydrogens (tertiary/aromatic N) is 1. The number of halogens is 1. The van der Waals surface area contributed by atoms with Crippen molar-refractivity contribution in [3.63, 3.8) is 0 Å². The fourth-order valence-corrected chi connectivity index (χ4v) is 2.81. The number of para-hydroxylation sites is 1. The third-order valence-electron chi connectivity index (χ3n) is 3.77. The molecule has 1 N–H and O–H groups in total. The molecule has 3 aromatic rings. The molecule has 1 amide bonds. The van der Waals surface area contributed by atoms with Crippen molar-refractivity contribution in [3.8, 4) is 0 Å². The summed E-state index contributed by atoms with van der Waals surface area (Å²) >= 11 is 6.03. The highest BCUT2D eigenvalue weighted by atomic mass is 35.5. The Morgan fingerprint density at radius 1 is 1.26 bits per heavy atom. The van der Waals surface area contributed by atoms with Crippen LogP contribution in [0.2, 0.25) is 5.02 Å². The SMILES string of the molecule is CCC(NC(=O)Cc1noc2ccccc12)c1cccc(Cl)c1. The highest BCUT2D eigenvalue weighted by molar-refractivity contribution is 6.30. The molecule has 0 bridgehead atoms. The molecule has 23 heavy (non-hydrogen) atoms. The summed E-state index contributed by atoms with van der Waals surface area (Å²) in [4.78, 5) is 12.4. The van der Waals surface area contributed by atoms with Gasteiger partial charge in [-0.1, -0.05) is 47.9 Å². The lowest BCUT2D eigenvalue weighted by atomic mass is 10.0. The van der Waals surface area contributed by atoms with E-state index in [1.54, 1.807) is 0 Å². The van der Waals surface area contributed by atoms with E-state index in [4.69, 9.17) is 16.1 Å². The van der Waals surface area contributed by atoms with Crippen LogP contribution in [-0.2, 0) is 11.2 Å². The van der Waals surface area contributed by atoms with Gasteiger partial charge in [-0.25, -0.2) is 0 Å². The average Bonchev–Trinajstić information content (AvgIpc) is 2.96. The Balaban J connectivity index is 1.73. The maximum absolute atomic E-state index is 12.4. The van der Waals surface area contributed by atoms with Crippen molar-refractivity contribution in [3.05, 3.63) is 64.8 Å². The zero-order valence-electron chi connectivity index (χ0n) is 12.8. The number of aromatic nitrogens is 1. The van der Waals surface area contributed by atoms with Gasteiger partial charge in [-0.2, -0.15) is 0 Å². The molecular weight excluding hydrogens is 312 g/mol. The first-order valence-corrected chi connectivity index (χ1v) is 7.93. The molecule has 118 valence electrons. The Morgan fingerprint density at radius 3 is 2.87 bits per heavy atom. The second-order valence-corrected chi connectivity index (χ2v) is 5.82. The standard InChI is InChI=1S/C18H17ClN2O2/c1-2-15(12-6-5-7-13(19)10-12)20-18(22)11-16-14-8-3-4-9-17(14)23-21-16/h3-10,15H,2,11H2,1H3,(H,20,22). The first kappa shape index (κ1) is 15.6. The fourth-order valence-electron chi connectivity index (χ4n) is 2.61. The molecule has 0 aliphatic heterocycles. The van der Waals surface area contributed by atoms with Gasteiger partial charge in [0.15, 0.2) is 5.58 Å². The first-order valence-electron chi connectivity index (χ1n) is 7.55. The van der Waals surface area contributed by atoms with Gasteiger partial charge in [0.2, 0.25) is 5.91 Å². The summed E-state index contributed by atoms with van der Waals surface area (Å²) in [7, 11) is 0. The summed E-state index contributed by atoms with van der Waals surface area (Å²) in [6, 6.07) is 15.0. The number of rotatable bonds is 5. The number of fused-ring (bicyclic) bond motifs is 1. The Kier molecular flexibility index (Phi) is 4.63. The van der Waals surface area contributed by atoms with Crippen molar-refractivity contribution in [1.29, 1.82) is 0 Å². The van der Waals surface area contributed by atoms with E-state index >= 15 is 0 Å². The maximum atomic E-state index is 12.4. The molecule has 5 heteroatoms. The number of hydrogen-bond acceptors (Lipinski definition) is 3. The molecule has 1 unspecified atom stereocenters. The molecule has 4 nitrogen and oxygen atoms in total. The van der Waals surface area contributed by atoms with E-state index in [0.29, 0.717) is 16.3 Å². The van der Waals surface area contributed by atoms with Gasteiger partial charge in [0.1, 0.15) is 5.69 Å². The van der Waals surface area contributed by atoms with Crippen molar-refractivity contribution >= 4 is 28.5 Å². The molecular formula is C18H17ClN2O2. The predicted octanol–water partition coefficient (Wildman–Crippen LogP) is 4.29. The van der Waals surface area contributed by atoms with E-state index in [1.165, 1.54) is 0 Å². The van der Waals surface area contributed by atoms with Gasteiger partial charge in [-0.15, -0.1) is 0 Å². The molecule has 0 radical (unpaired) electrons. The van der Waals surface area contributed by atoms with Crippen molar-refractivity contribution in [2.24, 2.45) is 0 Å². The van der Waals surface area contributed by atoms with Crippen molar-refractivity contribution < 1.29 is 9.32 Å². The lowest BCUT2D eigenvalue weighted by Crippen LogP contribution is -2.29. The highest BCUT2D eigenvalue weighted by Gasteiger charge is 2.16. The minimum Gasteiger partial charge on any atom is -0.356 e. The van der Waals surface area contributed by atoms with Crippen LogP contribution >= 0.6 is 11.6 Å². The molecule has 2 aromatic carbocycles. The van der Waals surface area contributed by atoms with Crippen LogP contribution in [0.1, 0.15) is 30.6 Å². The summed E-state index contributed by atoms with van der Waals surface area (Å²) in [6.07, 6.45) is 0.972. The van der Waals surface area contributed by atoms with Gasteiger partial charge < -0.3 is 9.84 Å². The predicted molar refractivity (Wildman–Crippen MR) is 90.3 cm³/mol. The summed E-state index contributed by atoms with van der Waals surface area (Å²) in [5.74, 6) is -0.0871. The fraction of sp³-hybridized carbons (Fsp3) is 0.222. The Hall–Kier alpha value is -2.33. The monoisotopic (exact) mass is 328 g/mol. The van der Waals surface area contributed by atoms with Crippen LogP contribution in [0, 0.1) is 0 Å². The van der Waals surface area contributed by atoms with Crippen LogP contribution in [0.15, 0.2) is 53.1 Å². The van der Waals surface area contributed by atoms with Crippen molar-refractivity contribution in [1.82, 2.24) is 10.5 Å². The number of carbonyl (C=O) groups excluding carboxylic acids is 1. The quantitative estimate of drug-likeness (QED) is 0.760. The third-order valence-corrected chi connectivity index (χ3v) is 4.01. The Morgan fingerprint density at radius 2 is 2.09 bits per heavy atom. The van der Waals surface area contributed by atoms with Gasteiger partial charge >= 0.3 is 0 Å². The second kappa shape index (κ2) is 6.84. The molecule has 0 aliphatic rings. The van der Waals surface area contributed by atoms with Crippen LogP contribution in [0.25, 0.3) is 11.0 Å². The molecule has 1 aromatic heterocycles. The summed E-state index contributed by atoms with van der Waals surface area (Å²) in [6.45, 7) is 2.03. The Bertz CT molecular complexity index is 829. The number of amides is 1. The smallest absolute Gasteiger partial charge is 0.226 e. The van der Waals surface area contributed by atoms with Gasteiger partial charge in [0.25, 0.3) is 0 Å². The first-order chi connectivity index (χ1) is 11.2. The van der Waals surface area contributed by atoms with Gasteiger partial charge in [0, 0.05) is 10.4 Å². The van der Waals surface area contributed by atoms with Crippen LogP contribution in [0.5, 0.6) is 0 Å². The average molecular weight is 329 g/mol. The molecule has 1 atom stereocenters. The van der Waals surface area contributed by atoms with E-state index in [2.05, 4.69) is 10.5 Å². The third kappa shape index (κ3) is 3.54. The van der Waals surface area contributed by atoms with E-state index in [0.717, 1.165) is 17.4 Å². The molecule has 0 fully saturated rings. The van der Waals surface area contributed by atoms with Crippen LogP contribution in [-0.4, -0.2) is 11.1 Å². The summed E-state index contributed by atoms with van der Waals surface area (Å²) in [5, 5.41) is 8.57. The largest absolute Gasteiger partial charge is 0.356 e. The van der Waals surface area contributed by atoms with Crippen LogP contribution < -0.4 is 5.32 Å². The van der Waals surface area contributed by atoms with Crippen LogP contribution in [0.3, 0.4) is 0 Å². The molecule has 1 heterocycles. The molecule has 0 aliphatic carbocycles. The van der Waals surface area contributed by atoms with Gasteiger partial charge in [0.05, 0.1) is 12.5 Å². The lowest BCUT2D eigenvalue weighted by molar-refractivity contribution is -0.121. The second-order valence-electron chi connectivity index (χ2n) is 5.39. The lowest BCUT2D eigenvalue weighted by Gasteiger charge is -2.17. The number of hydrogen-bond donors (Lipinski definition) is 1. The summed E-state index contributed by atoms with van der Waals surface area (Å²) in [5.41, 5.74) is 2.34. The number of carbonyl (C=O) groups is 1. The number of benzene rings is 2. The minimum absolute atomic E-state index is 0.0700. The highest BCUT2D eigenvalue weighted by Crippen LogP contribution is 2.21. The Labute approximate surface area is 139 Å². The summed E-state index contributed by atoms with van der Waals surface area (Å²) < 4.78 is 5.23. The number of nitrogens with one attached hydrogen (secondary N) is 1.